The standard InChI is InChI=1S/C28H28ClN3O4/c1-17-8-3-4-9-20(17)26(33)31-19-13-14-21(23(29)16-19)27(34)32-15-7-12-25(36-28(35)18(2)30)22-10-5-6-11-24(22)32/h3-6,8-11,13-14,16,18,25H,7,12,15,30H2,1-2H3,(H,31,33)/t18-,25?/m0/s1. The fraction of sp³-hybridized carbons (Fsp3) is 0.250. The average molecular weight is 506 g/mol. The predicted molar refractivity (Wildman–Crippen MR) is 140 cm³/mol. The van der Waals surface area contributed by atoms with Gasteiger partial charge in [0.25, 0.3) is 11.8 Å². The number of carbonyl (C=O) groups is 3. The molecule has 186 valence electrons. The Hall–Kier alpha value is -3.68. The second-order valence-electron chi connectivity index (χ2n) is 8.84. The van der Waals surface area contributed by atoms with Crippen molar-refractivity contribution < 1.29 is 19.1 Å². The number of nitrogens with zero attached hydrogens (tertiary/aromatic N) is 1. The summed E-state index contributed by atoms with van der Waals surface area (Å²) >= 11 is 6.52. The molecule has 4 rings (SSSR count). The van der Waals surface area contributed by atoms with Crippen molar-refractivity contribution in [3.8, 4) is 0 Å². The Morgan fingerprint density at radius 2 is 1.78 bits per heavy atom. The molecule has 3 N–H and O–H groups in total. The van der Waals surface area contributed by atoms with E-state index >= 15 is 0 Å². The van der Waals surface area contributed by atoms with Crippen LogP contribution in [0.5, 0.6) is 0 Å². The molecule has 0 spiro atoms. The second-order valence-corrected chi connectivity index (χ2v) is 9.24. The van der Waals surface area contributed by atoms with E-state index in [4.69, 9.17) is 22.1 Å². The third-order valence-corrected chi connectivity index (χ3v) is 6.46. The predicted octanol–water partition coefficient (Wildman–Crippen LogP) is 5.27. The van der Waals surface area contributed by atoms with Crippen LogP contribution in [0.3, 0.4) is 0 Å². The third-order valence-electron chi connectivity index (χ3n) is 6.14. The number of hydrogen-bond donors (Lipinski definition) is 2. The van der Waals surface area contributed by atoms with Crippen LogP contribution in [0.4, 0.5) is 11.4 Å². The van der Waals surface area contributed by atoms with Gasteiger partial charge in [-0.2, -0.15) is 0 Å². The molecule has 0 fully saturated rings. The topological polar surface area (TPSA) is 102 Å². The fourth-order valence-electron chi connectivity index (χ4n) is 4.24. The van der Waals surface area contributed by atoms with Crippen LogP contribution in [0.1, 0.15) is 57.7 Å². The minimum Gasteiger partial charge on any atom is -0.456 e. The maximum atomic E-state index is 13.6. The van der Waals surface area contributed by atoms with Crippen molar-refractivity contribution in [1.82, 2.24) is 0 Å². The number of anilines is 2. The van der Waals surface area contributed by atoms with Gasteiger partial charge < -0.3 is 20.7 Å². The van der Waals surface area contributed by atoms with E-state index in [9.17, 15) is 14.4 Å². The van der Waals surface area contributed by atoms with Gasteiger partial charge >= 0.3 is 5.97 Å². The highest BCUT2D eigenvalue weighted by atomic mass is 35.5. The Bertz CT molecular complexity index is 1310. The Morgan fingerprint density at radius 3 is 2.50 bits per heavy atom. The molecule has 0 saturated heterocycles. The molecule has 1 unspecified atom stereocenters. The van der Waals surface area contributed by atoms with Gasteiger partial charge in [0.1, 0.15) is 12.1 Å². The number of rotatable bonds is 5. The van der Waals surface area contributed by atoms with Crippen LogP contribution in [-0.2, 0) is 9.53 Å². The van der Waals surface area contributed by atoms with E-state index in [0.717, 1.165) is 11.1 Å². The smallest absolute Gasteiger partial charge is 0.323 e. The Kier molecular flexibility index (Phi) is 7.72. The van der Waals surface area contributed by atoms with Crippen molar-refractivity contribution in [2.24, 2.45) is 5.73 Å². The number of para-hydroxylation sites is 1. The van der Waals surface area contributed by atoms with E-state index in [1.807, 2.05) is 43.3 Å². The first-order valence-electron chi connectivity index (χ1n) is 11.8. The number of nitrogens with one attached hydrogen (secondary N) is 1. The highest BCUT2D eigenvalue weighted by molar-refractivity contribution is 6.35. The van der Waals surface area contributed by atoms with Crippen LogP contribution < -0.4 is 16.0 Å². The summed E-state index contributed by atoms with van der Waals surface area (Å²) in [7, 11) is 0. The first-order chi connectivity index (χ1) is 17.3. The number of ether oxygens (including phenoxy) is 1. The first kappa shape index (κ1) is 25.4. The molecule has 0 aromatic heterocycles. The molecule has 1 aliphatic rings. The Balaban J connectivity index is 1.57. The maximum Gasteiger partial charge on any atom is 0.323 e. The fourth-order valence-corrected chi connectivity index (χ4v) is 4.50. The highest BCUT2D eigenvalue weighted by Gasteiger charge is 2.30. The van der Waals surface area contributed by atoms with Gasteiger partial charge in [-0.25, -0.2) is 0 Å². The van der Waals surface area contributed by atoms with Gasteiger partial charge in [0.05, 0.1) is 16.3 Å². The number of fused-ring (bicyclic) bond motifs is 1. The second kappa shape index (κ2) is 10.9. The number of amides is 2. The molecule has 0 bridgehead atoms. The minimum absolute atomic E-state index is 0.226. The summed E-state index contributed by atoms with van der Waals surface area (Å²) in [5.74, 6) is -1.01. The number of benzene rings is 3. The Morgan fingerprint density at radius 1 is 1.06 bits per heavy atom. The summed E-state index contributed by atoms with van der Waals surface area (Å²) in [5, 5.41) is 3.06. The highest BCUT2D eigenvalue weighted by Crippen LogP contribution is 2.37. The zero-order valence-corrected chi connectivity index (χ0v) is 20.9. The Labute approximate surface area is 215 Å². The number of carbonyl (C=O) groups excluding carboxylic acids is 3. The van der Waals surface area contributed by atoms with Crippen LogP contribution in [-0.4, -0.2) is 30.4 Å². The number of aryl methyl sites for hydroxylation is 1. The number of halogens is 1. The summed E-state index contributed by atoms with van der Waals surface area (Å²) in [5.41, 5.74) is 9.32. The molecule has 3 aromatic rings. The third kappa shape index (κ3) is 5.42. The average Bonchev–Trinajstić information content (AvgIpc) is 3.03. The van der Waals surface area contributed by atoms with E-state index in [1.54, 1.807) is 42.2 Å². The molecule has 8 heteroatoms. The molecular weight excluding hydrogens is 478 g/mol. The van der Waals surface area contributed by atoms with Gasteiger partial charge in [0.15, 0.2) is 0 Å². The van der Waals surface area contributed by atoms with Crippen molar-refractivity contribution in [2.75, 3.05) is 16.8 Å². The molecule has 0 aliphatic carbocycles. The number of esters is 1. The summed E-state index contributed by atoms with van der Waals surface area (Å²) in [6, 6.07) is 18.8. The lowest BCUT2D eigenvalue weighted by Crippen LogP contribution is -2.32. The lowest BCUT2D eigenvalue weighted by atomic mass is 10.0. The maximum absolute atomic E-state index is 13.6. The normalized spacial score (nSPS) is 15.9. The van der Waals surface area contributed by atoms with Gasteiger partial charge in [-0.05, 0) is 62.6 Å². The van der Waals surface area contributed by atoms with Gasteiger partial charge in [0.2, 0.25) is 0 Å². The number of hydrogen-bond acceptors (Lipinski definition) is 5. The van der Waals surface area contributed by atoms with Gasteiger partial charge in [-0.15, -0.1) is 0 Å². The molecule has 0 saturated carbocycles. The summed E-state index contributed by atoms with van der Waals surface area (Å²) in [6.45, 7) is 3.88. The van der Waals surface area contributed by atoms with E-state index < -0.39 is 18.1 Å². The van der Waals surface area contributed by atoms with E-state index in [-0.39, 0.29) is 16.8 Å². The molecule has 1 aliphatic heterocycles. The van der Waals surface area contributed by atoms with Crippen molar-refractivity contribution in [1.29, 1.82) is 0 Å². The minimum atomic E-state index is -0.734. The molecule has 1 heterocycles. The van der Waals surface area contributed by atoms with Crippen molar-refractivity contribution in [3.63, 3.8) is 0 Å². The molecule has 2 amide bonds. The molecular formula is C28H28ClN3O4. The van der Waals surface area contributed by atoms with Crippen LogP contribution in [0, 0.1) is 6.92 Å². The van der Waals surface area contributed by atoms with Crippen LogP contribution in [0.15, 0.2) is 66.7 Å². The molecule has 3 aromatic carbocycles. The van der Waals surface area contributed by atoms with Crippen LogP contribution >= 0.6 is 11.6 Å². The molecule has 0 radical (unpaired) electrons. The summed E-state index contributed by atoms with van der Waals surface area (Å²) < 4.78 is 5.65. The number of nitrogens with two attached hydrogens (primary N) is 1. The van der Waals surface area contributed by atoms with Gasteiger partial charge in [-0.3, -0.25) is 14.4 Å². The van der Waals surface area contributed by atoms with E-state index in [2.05, 4.69) is 5.32 Å². The first-order valence-corrected chi connectivity index (χ1v) is 12.2. The molecule has 36 heavy (non-hydrogen) atoms. The molecule has 7 nitrogen and oxygen atoms in total. The lowest BCUT2D eigenvalue weighted by molar-refractivity contribution is -0.150. The van der Waals surface area contributed by atoms with Gasteiger partial charge in [0, 0.05) is 23.4 Å². The monoisotopic (exact) mass is 505 g/mol. The van der Waals surface area contributed by atoms with Crippen molar-refractivity contribution in [3.05, 3.63) is 94.0 Å². The lowest BCUT2D eigenvalue weighted by Gasteiger charge is -2.25. The summed E-state index contributed by atoms with van der Waals surface area (Å²) in [4.78, 5) is 40.1. The van der Waals surface area contributed by atoms with E-state index in [0.29, 0.717) is 41.9 Å². The SMILES string of the molecule is Cc1ccccc1C(=O)Nc1ccc(C(=O)N2CCCC(OC(=O)[C@H](C)N)c3ccccc32)c(Cl)c1. The summed E-state index contributed by atoms with van der Waals surface area (Å²) in [6.07, 6.45) is 0.697. The quantitative estimate of drug-likeness (QED) is 0.460. The molecule has 2 atom stereocenters. The zero-order valence-electron chi connectivity index (χ0n) is 20.2. The van der Waals surface area contributed by atoms with Crippen LogP contribution in [0.2, 0.25) is 5.02 Å². The van der Waals surface area contributed by atoms with Crippen LogP contribution in [0.25, 0.3) is 0 Å². The zero-order chi connectivity index (χ0) is 25.8. The van der Waals surface area contributed by atoms with Crippen molar-refractivity contribution >= 4 is 40.8 Å². The van der Waals surface area contributed by atoms with E-state index in [1.165, 1.54) is 0 Å². The largest absolute Gasteiger partial charge is 0.456 e. The van der Waals surface area contributed by atoms with Crippen molar-refractivity contribution in [2.45, 2.75) is 38.8 Å². The van der Waals surface area contributed by atoms with Gasteiger partial charge in [-0.1, -0.05) is 48.0 Å².